The molecular formula is C17H21N3O2. The highest BCUT2D eigenvalue weighted by Crippen LogP contribution is 2.10. The van der Waals surface area contributed by atoms with Crippen LogP contribution in [-0.2, 0) is 13.0 Å². The summed E-state index contributed by atoms with van der Waals surface area (Å²) in [6.07, 6.45) is 2.27. The lowest BCUT2D eigenvalue weighted by atomic mass is 10.1. The first kappa shape index (κ1) is 15.9. The van der Waals surface area contributed by atoms with Crippen LogP contribution in [0.2, 0.25) is 0 Å². The molecule has 0 saturated carbocycles. The van der Waals surface area contributed by atoms with Gasteiger partial charge in [-0.15, -0.1) is 0 Å². The second kappa shape index (κ2) is 7.02. The van der Waals surface area contributed by atoms with Crippen molar-refractivity contribution in [2.75, 3.05) is 6.54 Å². The molecule has 1 aromatic heterocycles. The largest absolute Gasteiger partial charge is 0.350 e. The fraction of sp³-hybridized carbons (Fsp3) is 0.353. The summed E-state index contributed by atoms with van der Waals surface area (Å²) in [5.41, 5.74) is 3.43. The number of aromatic nitrogens is 2. The van der Waals surface area contributed by atoms with Crippen LogP contribution in [-0.4, -0.2) is 22.0 Å². The Balaban J connectivity index is 1.96. The lowest BCUT2D eigenvalue weighted by Gasteiger charge is -2.09. The minimum Gasteiger partial charge on any atom is -0.350 e. The van der Waals surface area contributed by atoms with Gasteiger partial charge in [-0.2, -0.15) is 0 Å². The normalized spacial score (nSPS) is 10.5. The van der Waals surface area contributed by atoms with Crippen molar-refractivity contribution in [1.82, 2.24) is 14.9 Å². The van der Waals surface area contributed by atoms with Crippen molar-refractivity contribution in [3.63, 3.8) is 0 Å². The van der Waals surface area contributed by atoms with Crippen molar-refractivity contribution in [2.24, 2.45) is 0 Å². The standard InChI is InChI=1S/C17H21N3O2/c1-4-14-10-16(21)20(11-19-14)8-7-18-17(22)15-6-5-12(2)9-13(15)3/h5-6,9-11H,4,7-8H2,1-3H3,(H,18,22). The summed E-state index contributed by atoms with van der Waals surface area (Å²) in [5.74, 6) is -0.122. The van der Waals surface area contributed by atoms with Crippen molar-refractivity contribution in [2.45, 2.75) is 33.7 Å². The van der Waals surface area contributed by atoms with Crippen LogP contribution in [0, 0.1) is 13.8 Å². The van der Waals surface area contributed by atoms with E-state index in [1.54, 1.807) is 0 Å². The number of aryl methyl sites for hydroxylation is 3. The molecule has 5 nitrogen and oxygen atoms in total. The second-order valence-electron chi connectivity index (χ2n) is 5.34. The van der Waals surface area contributed by atoms with Crippen LogP contribution in [0.3, 0.4) is 0 Å². The summed E-state index contributed by atoms with van der Waals surface area (Å²) in [4.78, 5) is 28.2. The lowest BCUT2D eigenvalue weighted by molar-refractivity contribution is 0.0951. The molecule has 0 saturated heterocycles. The van der Waals surface area contributed by atoms with Gasteiger partial charge in [0, 0.05) is 30.4 Å². The third-order valence-corrected chi connectivity index (χ3v) is 3.56. The smallest absolute Gasteiger partial charge is 0.253 e. The molecule has 22 heavy (non-hydrogen) atoms. The molecule has 0 radical (unpaired) electrons. The minimum atomic E-state index is -0.122. The molecule has 116 valence electrons. The number of rotatable bonds is 5. The van der Waals surface area contributed by atoms with Crippen LogP contribution in [0.1, 0.15) is 34.1 Å². The van der Waals surface area contributed by atoms with E-state index in [2.05, 4.69) is 10.3 Å². The molecule has 2 rings (SSSR count). The molecule has 0 atom stereocenters. The highest BCUT2D eigenvalue weighted by Gasteiger charge is 2.08. The zero-order chi connectivity index (χ0) is 16.1. The number of nitrogens with zero attached hydrogens (tertiary/aromatic N) is 2. The quantitative estimate of drug-likeness (QED) is 0.916. The zero-order valence-corrected chi connectivity index (χ0v) is 13.2. The summed E-state index contributed by atoms with van der Waals surface area (Å²) in [6.45, 7) is 6.66. The fourth-order valence-corrected chi connectivity index (χ4v) is 2.28. The van der Waals surface area contributed by atoms with Gasteiger partial charge in [-0.1, -0.05) is 24.6 Å². The third-order valence-electron chi connectivity index (χ3n) is 3.56. The average molecular weight is 299 g/mol. The Kier molecular flexibility index (Phi) is 5.09. The maximum atomic E-state index is 12.1. The first-order chi connectivity index (χ1) is 10.5. The molecule has 0 bridgehead atoms. The van der Waals surface area contributed by atoms with Gasteiger partial charge in [-0.05, 0) is 31.9 Å². The van der Waals surface area contributed by atoms with Crippen LogP contribution >= 0.6 is 0 Å². The molecule has 1 heterocycles. The Morgan fingerprint density at radius 1 is 1.27 bits per heavy atom. The molecule has 0 unspecified atom stereocenters. The highest BCUT2D eigenvalue weighted by atomic mass is 16.1. The molecule has 1 amide bonds. The van der Waals surface area contributed by atoms with Gasteiger partial charge in [0.05, 0.1) is 6.33 Å². The maximum absolute atomic E-state index is 12.1. The van der Waals surface area contributed by atoms with Crippen LogP contribution in [0.25, 0.3) is 0 Å². The van der Waals surface area contributed by atoms with E-state index < -0.39 is 0 Å². The monoisotopic (exact) mass is 299 g/mol. The first-order valence-electron chi connectivity index (χ1n) is 7.42. The summed E-state index contributed by atoms with van der Waals surface area (Å²) in [6, 6.07) is 7.25. The molecule has 1 N–H and O–H groups in total. The van der Waals surface area contributed by atoms with E-state index in [4.69, 9.17) is 0 Å². The van der Waals surface area contributed by atoms with E-state index in [1.165, 1.54) is 17.0 Å². The van der Waals surface area contributed by atoms with Crippen LogP contribution in [0.4, 0.5) is 0 Å². The number of amides is 1. The summed E-state index contributed by atoms with van der Waals surface area (Å²) in [7, 11) is 0. The van der Waals surface area contributed by atoms with Gasteiger partial charge in [-0.3, -0.25) is 14.2 Å². The number of hydrogen-bond acceptors (Lipinski definition) is 3. The Bertz CT molecular complexity index is 735. The topological polar surface area (TPSA) is 64.0 Å². The second-order valence-corrected chi connectivity index (χ2v) is 5.34. The number of hydrogen-bond donors (Lipinski definition) is 1. The molecule has 0 aliphatic rings. The van der Waals surface area contributed by atoms with Gasteiger partial charge in [0.2, 0.25) is 0 Å². The average Bonchev–Trinajstić information content (AvgIpc) is 2.48. The Labute approximate surface area is 130 Å². The van der Waals surface area contributed by atoms with E-state index in [9.17, 15) is 9.59 Å². The third kappa shape index (κ3) is 3.81. The van der Waals surface area contributed by atoms with Crippen LogP contribution in [0.15, 0.2) is 35.4 Å². The first-order valence-corrected chi connectivity index (χ1v) is 7.42. The molecule has 2 aromatic rings. The predicted octanol–water partition coefficient (Wildman–Crippen LogP) is 1.85. The Hall–Kier alpha value is -2.43. The van der Waals surface area contributed by atoms with Gasteiger partial charge in [-0.25, -0.2) is 4.98 Å². The summed E-state index contributed by atoms with van der Waals surface area (Å²) >= 11 is 0. The van der Waals surface area contributed by atoms with E-state index in [0.717, 1.165) is 23.2 Å². The number of carbonyl (C=O) groups is 1. The number of benzene rings is 1. The Morgan fingerprint density at radius 3 is 2.68 bits per heavy atom. The van der Waals surface area contributed by atoms with Gasteiger partial charge >= 0.3 is 0 Å². The number of nitrogens with one attached hydrogen (secondary N) is 1. The van der Waals surface area contributed by atoms with Crippen molar-refractivity contribution in [3.05, 3.63) is 63.3 Å². The highest BCUT2D eigenvalue weighted by molar-refractivity contribution is 5.95. The zero-order valence-electron chi connectivity index (χ0n) is 13.2. The Morgan fingerprint density at radius 2 is 2.05 bits per heavy atom. The predicted molar refractivity (Wildman–Crippen MR) is 86.1 cm³/mol. The van der Waals surface area contributed by atoms with E-state index >= 15 is 0 Å². The molecular weight excluding hydrogens is 278 g/mol. The maximum Gasteiger partial charge on any atom is 0.253 e. The summed E-state index contributed by atoms with van der Waals surface area (Å²) in [5, 5.41) is 2.84. The molecule has 1 aromatic carbocycles. The molecule has 0 aliphatic heterocycles. The van der Waals surface area contributed by atoms with Crippen molar-refractivity contribution >= 4 is 5.91 Å². The van der Waals surface area contributed by atoms with Crippen LogP contribution in [0.5, 0.6) is 0 Å². The number of carbonyl (C=O) groups excluding carboxylic acids is 1. The van der Waals surface area contributed by atoms with E-state index in [1.807, 2.05) is 39.0 Å². The molecule has 5 heteroatoms. The van der Waals surface area contributed by atoms with Gasteiger partial charge < -0.3 is 5.32 Å². The van der Waals surface area contributed by atoms with Crippen molar-refractivity contribution in [3.8, 4) is 0 Å². The van der Waals surface area contributed by atoms with Crippen molar-refractivity contribution in [1.29, 1.82) is 0 Å². The minimum absolute atomic E-state index is 0.0902. The van der Waals surface area contributed by atoms with Gasteiger partial charge in [0.25, 0.3) is 11.5 Å². The lowest BCUT2D eigenvalue weighted by Crippen LogP contribution is -2.31. The van der Waals surface area contributed by atoms with Crippen molar-refractivity contribution < 1.29 is 4.79 Å². The molecule has 0 spiro atoms. The van der Waals surface area contributed by atoms with Gasteiger partial charge in [0.15, 0.2) is 0 Å². The summed E-state index contributed by atoms with van der Waals surface area (Å²) < 4.78 is 1.50. The van der Waals surface area contributed by atoms with E-state index in [0.29, 0.717) is 18.7 Å². The van der Waals surface area contributed by atoms with E-state index in [-0.39, 0.29) is 11.5 Å². The molecule has 0 aliphatic carbocycles. The molecule has 0 fully saturated rings. The van der Waals surface area contributed by atoms with Crippen LogP contribution < -0.4 is 10.9 Å². The fourth-order valence-electron chi connectivity index (χ4n) is 2.28. The van der Waals surface area contributed by atoms with Gasteiger partial charge in [0.1, 0.15) is 0 Å². The SMILES string of the molecule is CCc1cc(=O)n(CCNC(=O)c2ccc(C)cc2C)cn1.